The largest absolute Gasteiger partial charge is 0.366 e. The van der Waals surface area contributed by atoms with Gasteiger partial charge in [-0.3, -0.25) is 9.97 Å². The highest BCUT2D eigenvalue weighted by atomic mass is 15.0. The summed E-state index contributed by atoms with van der Waals surface area (Å²) < 4.78 is 0. The SMILES string of the molecule is C/C=C\C(=C/CC)c1ncc(CNc2ncnc(-c3ccc4ncccc4c3)c2C)cc1C. The van der Waals surface area contributed by atoms with Crippen molar-refractivity contribution in [1.82, 2.24) is 19.9 Å². The van der Waals surface area contributed by atoms with Crippen molar-refractivity contribution in [2.75, 3.05) is 5.32 Å². The van der Waals surface area contributed by atoms with Crippen molar-refractivity contribution >= 4 is 22.3 Å². The summed E-state index contributed by atoms with van der Waals surface area (Å²) in [6, 6.07) is 12.4. The molecule has 0 atom stereocenters. The Kier molecular flexibility index (Phi) is 6.89. The van der Waals surface area contributed by atoms with E-state index in [1.165, 1.54) is 5.57 Å². The number of aromatic nitrogens is 4. The molecule has 0 saturated carbocycles. The molecule has 1 N–H and O–H groups in total. The first-order valence-corrected chi connectivity index (χ1v) is 11.3. The number of aryl methyl sites for hydroxylation is 1. The zero-order chi connectivity index (χ0) is 23.2. The van der Waals surface area contributed by atoms with Crippen LogP contribution in [0.4, 0.5) is 5.82 Å². The van der Waals surface area contributed by atoms with Crippen LogP contribution in [0.1, 0.15) is 42.7 Å². The molecule has 5 heteroatoms. The molecule has 0 saturated heterocycles. The average molecular weight is 436 g/mol. The third-order valence-corrected chi connectivity index (χ3v) is 5.60. The van der Waals surface area contributed by atoms with E-state index in [-0.39, 0.29) is 0 Å². The van der Waals surface area contributed by atoms with Gasteiger partial charge in [0, 0.05) is 35.5 Å². The molecular weight excluding hydrogens is 406 g/mol. The van der Waals surface area contributed by atoms with Crippen LogP contribution in [-0.2, 0) is 6.54 Å². The number of fused-ring (bicyclic) bond motifs is 1. The van der Waals surface area contributed by atoms with Gasteiger partial charge in [0.05, 0.1) is 16.9 Å². The number of nitrogens with zero attached hydrogens (tertiary/aromatic N) is 4. The maximum absolute atomic E-state index is 4.75. The number of benzene rings is 1. The Morgan fingerprint density at radius 3 is 2.70 bits per heavy atom. The van der Waals surface area contributed by atoms with E-state index in [0.29, 0.717) is 6.54 Å². The van der Waals surface area contributed by atoms with Gasteiger partial charge in [-0.25, -0.2) is 9.97 Å². The van der Waals surface area contributed by atoms with Gasteiger partial charge in [0.2, 0.25) is 0 Å². The second-order valence-electron chi connectivity index (χ2n) is 8.04. The summed E-state index contributed by atoms with van der Waals surface area (Å²) >= 11 is 0. The summed E-state index contributed by atoms with van der Waals surface area (Å²) in [5.41, 5.74) is 8.44. The van der Waals surface area contributed by atoms with E-state index in [1.807, 2.05) is 31.5 Å². The van der Waals surface area contributed by atoms with Gasteiger partial charge in [0.1, 0.15) is 12.1 Å². The molecule has 0 amide bonds. The highest BCUT2D eigenvalue weighted by molar-refractivity contribution is 5.84. The van der Waals surface area contributed by atoms with Gasteiger partial charge in [0.15, 0.2) is 0 Å². The minimum Gasteiger partial charge on any atom is -0.366 e. The zero-order valence-electron chi connectivity index (χ0n) is 19.6. The standard InChI is InChI=1S/C28H29N5/c1-5-8-22(9-6-2)26-19(3)14-21(16-30-26)17-31-28-20(4)27(32-18-33-28)24-11-12-25-23(15-24)10-7-13-29-25/h5,7-16,18H,6,17H2,1-4H3,(H,31,32,33)/b8-5-,22-9+. The second-order valence-corrected chi connectivity index (χ2v) is 8.04. The molecule has 1 aromatic carbocycles. The Morgan fingerprint density at radius 1 is 1.03 bits per heavy atom. The summed E-state index contributed by atoms with van der Waals surface area (Å²) in [5.74, 6) is 0.827. The van der Waals surface area contributed by atoms with Crippen molar-refractivity contribution in [3.05, 3.63) is 95.7 Å². The third kappa shape index (κ3) is 4.98. The van der Waals surface area contributed by atoms with E-state index in [4.69, 9.17) is 4.98 Å². The fourth-order valence-corrected chi connectivity index (χ4v) is 4.00. The molecule has 33 heavy (non-hydrogen) atoms. The molecular formula is C28H29N5. The maximum Gasteiger partial charge on any atom is 0.133 e. The van der Waals surface area contributed by atoms with E-state index in [9.17, 15) is 0 Å². The summed E-state index contributed by atoms with van der Waals surface area (Å²) in [7, 11) is 0. The molecule has 0 unspecified atom stereocenters. The minimum atomic E-state index is 0.642. The van der Waals surface area contributed by atoms with E-state index >= 15 is 0 Å². The van der Waals surface area contributed by atoms with E-state index in [0.717, 1.165) is 56.8 Å². The van der Waals surface area contributed by atoms with Crippen LogP contribution in [0.3, 0.4) is 0 Å². The van der Waals surface area contributed by atoms with Crippen LogP contribution in [0.5, 0.6) is 0 Å². The van der Waals surface area contributed by atoms with Crippen LogP contribution in [0.15, 0.2) is 73.3 Å². The highest BCUT2D eigenvalue weighted by Crippen LogP contribution is 2.27. The number of hydrogen-bond acceptors (Lipinski definition) is 5. The number of hydrogen-bond donors (Lipinski definition) is 1. The Bertz CT molecular complexity index is 1340. The Hall–Kier alpha value is -3.86. The lowest BCUT2D eigenvalue weighted by atomic mass is 10.0. The number of pyridine rings is 2. The molecule has 0 aliphatic carbocycles. The first-order chi connectivity index (χ1) is 16.1. The predicted octanol–water partition coefficient (Wildman–Crippen LogP) is 6.69. The molecule has 4 aromatic rings. The Morgan fingerprint density at radius 2 is 1.91 bits per heavy atom. The lowest BCUT2D eigenvalue weighted by Crippen LogP contribution is -2.06. The minimum absolute atomic E-state index is 0.642. The molecule has 4 rings (SSSR count). The molecule has 0 bridgehead atoms. The molecule has 5 nitrogen and oxygen atoms in total. The number of nitrogens with one attached hydrogen (secondary N) is 1. The van der Waals surface area contributed by atoms with Gasteiger partial charge >= 0.3 is 0 Å². The quantitative estimate of drug-likeness (QED) is 0.328. The van der Waals surface area contributed by atoms with Gasteiger partial charge in [0.25, 0.3) is 0 Å². The Balaban J connectivity index is 1.55. The van der Waals surface area contributed by atoms with Crippen molar-refractivity contribution in [1.29, 1.82) is 0 Å². The van der Waals surface area contributed by atoms with Crippen LogP contribution in [0.25, 0.3) is 27.7 Å². The monoisotopic (exact) mass is 435 g/mol. The highest BCUT2D eigenvalue weighted by Gasteiger charge is 2.11. The van der Waals surface area contributed by atoms with Crippen LogP contribution in [0.2, 0.25) is 0 Å². The molecule has 0 aliphatic rings. The fraction of sp³-hybridized carbons (Fsp3) is 0.214. The topological polar surface area (TPSA) is 63.6 Å². The number of anilines is 1. The van der Waals surface area contributed by atoms with Crippen molar-refractivity contribution in [3.63, 3.8) is 0 Å². The lowest BCUT2D eigenvalue weighted by Gasteiger charge is -2.13. The fourth-order valence-electron chi connectivity index (χ4n) is 4.00. The Labute approximate surface area is 195 Å². The maximum atomic E-state index is 4.75. The van der Waals surface area contributed by atoms with Crippen LogP contribution in [0, 0.1) is 13.8 Å². The number of allylic oxidation sites excluding steroid dienone is 4. The third-order valence-electron chi connectivity index (χ3n) is 5.60. The summed E-state index contributed by atoms with van der Waals surface area (Å²) in [5, 5.41) is 4.57. The summed E-state index contributed by atoms with van der Waals surface area (Å²) in [6.45, 7) is 8.98. The first-order valence-electron chi connectivity index (χ1n) is 11.3. The van der Waals surface area contributed by atoms with E-state index in [1.54, 1.807) is 6.33 Å². The van der Waals surface area contributed by atoms with E-state index in [2.05, 4.69) is 83.5 Å². The molecule has 3 aromatic heterocycles. The predicted molar refractivity (Wildman–Crippen MR) is 137 cm³/mol. The second kappa shape index (κ2) is 10.2. The first kappa shape index (κ1) is 22.3. The molecule has 0 radical (unpaired) electrons. The van der Waals surface area contributed by atoms with Crippen molar-refractivity contribution in [2.45, 2.75) is 40.7 Å². The zero-order valence-corrected chi connectivity index (χ0v) is 19.6. The molecule has 166 valence electrons. The lowest BCUT2D eigenvalue weighted by molar-refractivity contribution is 1.04. The molecule has 3 heterocycles. The van der Waals surface area contributed by atoms with Crippen LogP contribution in [-0.4, -0.2) is 19.9 Å². The van der Waals surface area contributed by atoms with Gasteiger partial charge in [-0.2, -0.15) is 0 Å². The van der Waals surface area contributed by atoms with Gasteiger partial charge < -0.3 is 5.32 Å². The van der Waals surface area contributed by atoms with Crippen molar-refractivity contribution in [2.24, 2.45) is 0 Å². The average Bonchev–Trinajstić information content (AvgIpc) is 2.83. The molecule has 0 fully saturated rings. The molecule has 0 aliphatic heterocycles. The van der Waals surface area contributed by atoms with Crippen molar-refractivity contribution < 1.29 is 0 Å². The summed E-state index contributed by atoms with van der Waals surface area (Å²) in [6.07, 6.45) is 12.7. The van der Waals surface area contributed by atoms with Gasteiger partial charge in [-0.05, 0) is 62.1 Å². The van der Waals surface area contributed by atoms with Crippen LogP contribution >= 0.6 is 0 Å². The number of rotatable bonds is 7. The van der Waals surface area contributed by atoms with E-state index < -0.39 is 0 Å². The van der Waals surface area contributed by atoms with Crippen LogP contribution < -0.4 is 5.32 Å². The van der Waals surface area contributed by atoms with Gasteiger partial charge in [-0.1, -0.05) is 43.4 Å². The smallest absolute Gasteiger partial charge is 0.133 e. The van der Waals surface area contributed by atoms with Crippen molar-refractivity contribution in [3.8, 4) is 11.3 Å². The summed E-state index contributed by atoms with van der Waals surface area (Å²) in [4.78, 5) is 18.2. The van der Waals surface area contributed by atoms with Gasteiger partial charge in [-0.15, -0.1) is 0 Å². The molecule has 0 spiro atoms. The normalized spacial score (nSPS) is 11.9.